The van der Waals surface area contributed by atoms with Crippen LogP contribution < -0.4 is 8.61 Å². The minimum absolute atomic E-state index is 0.193. The van der Waals surface area contributed by atoms with E-state index in [0.717, 1.165) is 24.4 Å². The van der Waals surface area contributed by atoms with E-state index in [9.17, 15) is 4.21 Å². The van der Waals surface area contributed by atoms with Gasteiger partial charge in [0.15, 0.2) is 0 Å². The summed E-state index contributed by atoms with van der Waals surface area (Å²) in [7, 11) is -3.05. The maximum Gasteiger partial charge on any atom is 0.216 e. The molecule has 0 bridgehead atoms. The number of hydrogen-bond donors (Lipinski definition) is 0. The van der Waals surface area contributed by atoms with Gasteiger partial charge in [-0.05, 0) is 25.0 Å². The largest absolute Gasteiger partial charge is 0.306 e. The number of nitrogens with zero attached hydrogens (tertiary/aromatic N) is 8. The minimum Gasteiger partial charge on any atom is -0.306 e. The molecule has 0 amide bonds. The lowest BCUT2D eigenvalue weighted by atomic mass is 10.4. The van der Waals surface area contributed by atoms with Gasteiger partial charge in [-0.25, -0.2) is 14.2 Å². The molecule has 0 saturated carbocycles. The fraction of sp³-hybridized carbons (Fsp3) is 0.333. The second kappa shape index (κ2) is 11.5. The van der Waals surface area contributed by atoms with Crippen molar-refractivity contribution in [2.45, 2.75) is 12.8 Å². The summed E-state index contributed by atoms with van der Waals surface area (Å²) < 4.78 is 23.4. The highest BCUT2D eigenvalue weighted by atomic mass is 35.5. The van der Waals surface area contributed by atoms with E-state index in [1.54, 1.807) is 28.8 Å². The van der Waals surface area contributed by atoms with E-state index in [0.29, 0.717) is 34.6 Å². The van der Waals surface area contributed by atoms with Crippen molar-refractivity contribution in [3.63, 3.8) is 0 Å². The molecule has 4 heterocycles. The summed E-state index contributed by atoms with van der Waals surface area (Å²) in [5.41, 5.74) is 1.44. The molecule has 174 valence electrons. The van der Waals surface area contributed by atoms with Crippen molar-refractivity contribution in [3.05, 3.63) is 44.9 Å². The number of rotatable bonds is 2. The standard InChI is InChI=1S/C9H8Cl2N4OS.C9H8Cl2N4S/c10-8-4-7(5-13-9(8)11)15-2-1-3-17(15,16)14-6-12;10-8-4-7(5-13-9(8)11)15-2-1-3-16(15)14-6-12/h4-5H,1-3H2;4-5H,1-3H2. The molecule has 9 nitrogen and oxygen atoms in total. The maximum absolute atomic E-state index is 12.3. The van der Waals surface area contributed by atoms with Crippen molar-refractivity contribution < 1.29 is 4.21 Å². The van der Waals surface area contributed by atoms with E-state index in [-0.39, 0.29) is 21.1 Å². The van der Waals surface area contributed by atoms with Crippen LogP contribution in [0.15, 0.2) is 33.3 Å². The summed E-state index contributed by atoms with van der Waals surface area (Å²) in [4.78, 5) is 7.88. The first-order chi connectivity index (χ1) is 15.8. The van der Waals surface area contributed by atoms with Crippen LogP contribution in [-0.2, 0) is 20.8 Å². The van der Waals surface area contributed by atoms with Gasteiger partial charge in [-0.15, -0.1) is 8.73 Å². The quantitative estimate of drug-likeness (QED) is 0.361. The Morgan fingerprint density at radius 1 is 0.970 bits per heavy atom. The molecule has 2 fully saturated rings. The average molecular weight is 566 g/mol. The van der Waals surface area contributed by atoms with E-state index in [1.807, 2.05) is 10.5 Å². The number of hydrogen-bond acceptors (Lipinski definition) is 7. The second-order valence-electron chi connectivity index (χ2n) is 6.58. The Hall–Kier alpha value is -1.86. The molecule has 0 radical (unpaired) electrons. The summed E-state index contributed by atoms with van der Waals surface area (Å²) in [5, 5.41) is 18.4. The third-order valence-corrected chi connectivity index (χ3v) is 10.0. The molecule has 2 aromatic heterocycles. The highest BCUT2D eigenvalue weighted by molar-refractivity contribution is 7.95. The Labute approximate surface area is 214 Å². The van der Waals surface area contributed by atoms with Gasteiger partial charge in [-0.1, -0.05) is 46.4 Å². The summed E-state index contributed by atoms with van der Waals surface area (Å²) in [6.45, 7) is 1.43. The van der Waals surface area contributed by atoms with Crippen LogP contribution in [0, 0.1) is 22.9 Å². The number of pyridine rings is 2. The molecule has 2 atom stereocenters. The van der Waals surface area contributed by atoms with Gasteiger partial charge >= 0.3 is 0 Å². The van der Waals surface area contributed by atoms with Crippen LogP contribution in [0.4, 0.5) is 11.4 Å². The maximum atomic E-state index is 12.3. The first-order valence-corrected chi connectivity index (χ1v) is 13.9. The van der Waals surface area contributed by atoms with Gasteiger partial charge in [0.25, 0.3) is 0 Å². The molecule has 2 aromatic rings. The summed E-state index contributed by atoms with van der Waals surface area (Å²) >= 11 is 23.2. The highest BCUT2D eigenvalue weighted by Gasteiger charge is 2.28. The van der Waals surface area contributed by atoms with E-state index >= 15 is 0 Å². The van der Waals surface area contributed by atoms with Gasteiger partial charge in [0, 0.05) is 29.7 Å². The molecular formula is C18H16Cl4N8OS2. The molecule has 2 unspecified atom stereocenters. The third-order valence-electron chi connectivity index (χ3n) is 4.53. The smallest absolute Gasteiger partial charge is 0.216 e. The molecule has 0 N–H and O–H groups in total. The molecular weight excluding hydrogens is 550 g/mol. The van der Waals surface area contributed by atoms with E-state index in [2.05, 4.69) is 18.7 Å². The van der Waals surface area contributed by atoms with Crippen molar-refractivity contribution in [1.29, 1.82) is 10.5 Å². The normalized spacial score (nSPS) is 21.8. The summed E-state index contributed by atoms with van der Waals surface area (Å²) in [6.07, 6.45) is 8.33. The Kier molecular flexibility index (Phi) is 8.99. The molecule has 4 rings (SSSR count). The predicted octanol–water partition coefficient (Wildman–Crippen LogP) is 5.26. The minimum atomic E-state index is -2.67. The van der Waals surface area contributed by atoms with Crippen molar-refractivity contribution in [2.75, 3.05) is 33.2 Å². The van der Waals surface area contributed by atoms with Crippen LogP contribution in [0.3, 0.4) is 0 Å². The zero-order chi connectivity index (χ0) is 24.0. The lowest BCUT2D eigenvalue weighted by Gasteiger charge is -2.19. The Balaban J connectivity index is 0.000000186. The van der Waals surface area contributed by atoms with Crippen molar-refractivity contribution in [2.24, 2.45) is 8.73 Å². The lowest BCUT2D eigenvalue weighted by molar-refractivity contribution is 0.679. The first kappa shape index (κ1) is 25.8. The molecule has 0 spiro atoms. The van der Waals surface area contributed by atoms with Crippen molar-refractivity contribution in [1.82, 2.24) is 9.97 Å². The van der Waals surface area contributed by atoms with Gasteiger partial charge < -0.3 is 4.31 Å². The molecule has 2 aliphatic rings. The number of halogens is 4. The van der Waals surface area contributed by atoms with E-state index < -0.39 is 9.92 Å². The van der Waals surface area contributed by atoms with E-state index in [4.69, 9.17) is 56.9 Å². The number of aromatic nitrogens is 2. The Bertz CT molecular complexity index is 1280. The SMILES string of the molecule is N#CN=S1(=O)CCCN1c1cnc(Cl)c(Cl)c1.N#CN=S1CCCN1c1cnc(Cl)c(Cl)c1. The molecule has 15 heteroatoms. The fourth-order valence-corrected chi connectivity index (χ4v) is 7.13. The van der Waals surface area contributed by atoms with E-state index in [1.165, 1.54) is 6.20 Å². The van der Waals surface area contributed by atoms with Gasteiger partial charge in [0.1, 0.15) is 20.2 Å². The highest BCUT2D eigenvalue weighted by Crippen LogP contribution is 2.30. The van der Waals surface area contributed by atoms with Crippen molar-refractivity contribution in [3.8, 4) is 12.4 Å². The molecule has 33 heavy (non-hydrogen) atoms. The first-order valence-electron chi connectivity index (χ1n) is 9.40. The monoisotopic (exact) mass is 564 g/mol. The molecule has 2 aliphatic heterocycles. The summed E-state index contributed by atoms with van der Waals surface area (Å²) in [5.74, 6) is 1.29. The van der Waals surface area contributed by atoms with Crippen LogP contribution in [0.2, 0.25) is 20.4 Å². The zero-order valence-electron chi connectivity index (χ0n) is 16.9. The van der Waals surface area contributed by atoms with Gasteiger partial charge in [0.2, 0.25) is 12.4 Å². The number of anilines is 2. The zero-order valence-corrected chi connectivity index (χ0v) is 21.5. The van der Waals surface area contributed by atoms with Gasteiger partial charge in [-0.2, -0.15) is 10.5 Å². The Morgan fingerprint density at radius 2 is 1.61 bits per heavy atom. The van der Waals surface area contributed by atoms with Crippen LogP contribution in [0.5, 0.6) is 0 Å². The molecule has 0 aromatic carbocycles. The van der Waals surface area contributed by atoms with Crippen LogP contribution >= 0.6 is 46.4 Å². The van der Waals surface area contributed by atoms with Crippen LogP contribution in [0.25, 0.3) is 0 Å². The lowest BCUT2D eigenvalue weighted by Crippen LogP contribution is -2.25. The fourth-order valence-electron chi connectivity index (χ4n) is 3.14. The van der Waals surface area contributed by atoms with Gasteiger partial charge in [-0.3, -0.25) is 4.31 Å². The topological polar surface area (TPSA) is 122 Å². The Morgan fingerprint density at radius 3 is 2.21 bits per heavy atom. The van der Waals surface area contributed by atoms with Crippen molar-refractivity contribution >= 4 is 78.6 Å². The third kappa shape index (κ3) is 6.18. The molecule has 2 saturated heterocycles. The average Bonchev–Trinajstić information content (AvgIpc) is 3.40. The number of nitriles is 2. The summed E-state index contributed by atoms with van der Waals surface area (Å²) in [6, 6.07) is 3.34. The van der Waals surface area contributed by atoms with Crippen LogP contribution in [0.1, 0.15) is 12.8 Å². The molecule has 0 aliphatic carbocycles. The second-order valence-corrected chi connectivity index (χ2v) is 12.1. The van der Waals surface area contributed by atoms with Crippen LogP contribution in [-0.4, -0.2) is 38.8 Å². The predicted molar refractivity (Wildman–Crippen MR) is 134 cm³/mol. The van der Waals surface area contributed by atoms with Gasteiger partial charge in [0.05, 0.1) is 39.6 Å².